The first-order valence-corrected chi connectivity index (χ1v) is 7.31. The van der Waals surface area contributed by atoms with Crippen molar-refractivity contribution in [3.05, 3.63) is 35.4 Å². The van der Waals surface area contributed by atoms with Gasteiger partial charge in [-0.15, -0.1) is 0 Å². The first kappa shape index (κ1) is 18.0. The van der Waals surface area contributed by atoms with E-state index in [-0.39, 0.29) is 12.1 Å². The van der Waals surface area contributed by atoms with Gasteiger partial charge in [-0.05, 0) is 50.4 Å². The highest BCUT2D eigenvalue weighted by molar-refractivity contribution is 5.28. The number of hydrogen-bond acceptors (Lipinski definition) is 2. The number of methoxy groups -OCH3 is 1. The molecular formula is C16H24F3NO. The molecule has 0 spiro atoms. The van der Waals surface area contributed by atoms with E-state index in [1.807, 2.05) is 13.8 Å². The molecule has 1 aromatic rings. The standard InChI is InChI=1S/C16H24F3NO/c1-4-10-20-15(9-8-12(2)21-3)13-6-5-7-14(11-13)16(17,18)19/h5-7,11-12,15,20H,4,8-10H2,1-3H3. The molecule has 1 aromatic carbocycles. The van der Waals surface area contributed by atoms with Crippen molar-refractivity contribution >= 4 is 0 Å². The minimum atomic E-state index is -4.30. The molecule has 0 saturated carbocycles. The van der Waals surface area contributed by atoms with E-state index in [9.17, 15) is 13.2 Å². The summed E-state index contributed by atoms with van der Waals surface area (Å²) < 4.78 is 43.6. The van der Waals surface area contributed by atoms with Crippen LogP contribution < -0.4 is 5.32 Å². The van der Waals surface area contributed by atoms with Gasteiger partial charge in [-0.1, -0.05) is 19.1 Å². The summed E-state index contributed by atoms with van der Waals surface area (Å²) in [5.41, 5.74) is 0.0877. The van der Waals surface area contributed by atoms with Gasteiger partial charge in [0, 0.05) is 13.2 Å². The zero-order valence-electron chi connectivity index (χ0n) is 12.8. The average Bonchev–Trinajstić information content (AvgIpc) is 2.46. The summed E-state index contributed by atoms with van der Waals surface area (Å²) in [6.07, 6.45) is -1.72. The summed E-state index contributed by atoms with van der Waals surface area (Å²) in [5, 5.41) is 3.32. The second kappa shape index (κ2) is 8.39. The van der Waals surface area contributed by atoms with Gasteiger partial charge in [0.15, 0.2) is 0 Å². The summed E-state index contributed by atoms with van der Waals surface area (Å²) >= 11 is 0. The van der Waals surface area contributed by atoms with Gasteiger partial charge < -0.3 is 10.1 Å². The minimum absolute atomic E-state index is 0.0788. The van der Waals surface area contributed by atoms with Gasteiger partial charge in [0.1, 0.15) is 0 Å². The van der Waals surface area contributed by atoms with Crippen molar-refractivity contribution in [1.82, 2.24) is 5.32 Å². The van der Waals surface area contributed by atoms with Crippen LogP contribution in [-0.2, 0) is 10.9 Å². The van der Waals surface area contributed by atoms with Crippen LogP contribution in [0.3, 0.4) is 0 Å². The Hall–Kier alpha value is -1.07. The monoisotopic (exact) mass is 303 g/mol. The van der Waals surface area contributed by atoms with Gasteiger partial charge in [0.2, 0.25) is 0 Å². The van der Waals surface area contributed by atoms with Gasteiger partial charge in [0.25, 0.3) is 0 Å². The number of rotatable bonds is 8. The largest absolute Gasteiger partial charge is 0.416 e. The van der Waals surface area contributed by atoms with Crippen LogP contribution in [0.2, 0.25) is 0 Å². The van der Waals surface area contributed by atoms with Crippen LogP contribution in [0, 0.1) is 0 Å². The van der Waals surface area contributed by atoms with E-state index in [4.69, 9.17) is 4.74 Å². The molecule has 0 bridgehead atoms. The maximum absolute atomic E-state index is 12.8. The fourth-order valence-electron chi connectivity index (χ4n) is 2.16. The lowest BCUT2D eigenvalue weighted by molar-refractivity contribution is -0.137. The third-order valence-corrected chi connectivity index (χ3v) is 3.52. The summed E-state index contributed by atoms with van der Waals surface area (Å²) in [5.74, 6) is 0. The predicted molar refractivity (Wildman–Crippen MR) is 78.2 cm³/mol. The zero-order valence-corrected chi connectivity index (χ0v) is 12.8. The molecule has 5 heteroatoms. The second-order valence-electron chi connectivity index (χ2n) is 5.25. The molecule has 0 amide bonds. The van der Waals surface area contributed by atoms with Gasteiger partial charge >= 0.3 is 6.18 Å². The fourth-order valence-corrected chi connectivity index (χ4v) is 2.16. The lowest BCUT2D eigenvalue weighted by atomic mass is 9.98. The van der Waals surface area contributed by atoms with Crippen LogP contribution in [0.1, 0.15) is 50.3 Å². The van der Waals surface area contributed by atoms with Gasteiger partial charge in [-0.3, -0.25) is 0 Å². The quantitative estimate of drug-likeness (QED) is 0.760. The molecule has 0 aliphatic carbocycles. The van der Waals surface area contributed by atoms with E-state index in [0.29, 0.717) is 5.56 Å². The molecule has 120 valence electrons. The van der Waals surface area contributed by atoms with Crippen molar-refractivity contribution in [2.75, 3.05) is 13.7 Å². The molecule has 1 rings (SSSR count). The van der Waals surface area contributed by atoms with Crippen molar-refractivity contribution < 1.29 is 17.9 Å². The molecule has 0 fully saturated rings. The third kappa shape index (κ3) is 6.06. The Labute approximate surface area is 124 Å². The molecule has 1 N–H and O–H groups in total. The highest BCUT2D eigenvalue weighted by Gasteiger charge is 2.30. The van der Waals surface area contributed by atoms with Crippen LogP contribution in [0.15, 0.2) is 24.3 Å². The first-order chi connectivity index (χ1) is 9.88. The van der Waals surface area contributed by atoms with E-state index in [2.05, 4.69) is 5.32 Å². The number of hydrogen-bond donors (Lipinski definition) is 1. The van der Waals surface area contributed by atoms with Crippen molar-refractivity contribution in [3.63, 3.8) is 0 Å². The minimum Gasteiger partial charge on any atom is -0.382 e. The topological polar surface area (TPSA) is 21.3 Å². The van der Waals surface area contributed by atoms with Gasteiger partial charge in [0.05, 0.1) is 11.7 Å². The van der Waals surface area contributed by atoms with Gasteiger partial charge in [-0.25, -0.2) is 0 Å². The Morgan fingerprint density at radius 3 is 2.52 bits per heavy atom. The summed E-state index contributed by atoms with van der Waals surface area (Å²) in [6.45, 7) is 4.78. The summed E-state index contributed by atoms with van der Waals surface area (Å²) in [4.78, 5) is 0. The molecule has 21 heavy (non-hydrogen) atoms. The molecule has 0 aliphatic rings. The van der Waals surface area contributed by atoms with Crippen LogP contribution >= 0.6 is 0 Å². The molecule has 2 nitrogen and oxygen atoms in total. The Balaban J connectivity index is 2.86. The lowest BCUT2D eigenvalue weighted by Gasteiger charge is -2.21. The maximum Gasteiger partial charge on any atom is 0.416 e. The molecule has 0 aliphatic heterocycles. The SMILES string of the molecule is CCCNC(CCC(C)OC)c1cccc(C(F)(F)F)c1. The normalized spacial score (nSPS) is 15.0. The van der Waals surface area contributed by atoms with Crippen LogP contribution in [0.4, 0.5) is 13.2 Å². The van der Waals surface area contributed by atoms with Crippen molar-refractivity contribution in [3.8, 4) is 0 Å². The molecule has 0 radical (unpaired) electrons. The van der Waals surface area contributed by atoms with Crippen molar-refractivity contribution in [1.29, 1.82) is 0 Å². The van der Waals surface area contributed by atoms with Crippen LogP contribution in [0.25, 0.3) is 0 Å². The van der Waals surface area contributed by atoms with Crippen LogP contribution in [-0.4, -0.2) is 19.8 Å². The van der Waals surface area contributed by atoms with Crippen molar-refractivity contribution in [2.45, 2.75) is 51.4 Å². The van der Waals surface area contributed by atoms with E-state index < -0.39 is 11.7 Å². The number of ether oxygens (including phenoxy) is 1. The number of alkyl halides is 3. The molecule has 0 heterocycles. The molecular weight excluding hydrogens is 279 g/mol. The van der Waals surface area contributed by atoms with E-state index in [0.717, 1.165) is 31.9 Å². The van der Waals surface area contributed by atoms with Gasteiger partial charge in [-0.2, -0.15) is 13.2 Å². The molecule has 0 aromatic heterocycles. The zero-order chi connectivity index (χ0) is 15.9. The Bertz CT molecular complexity index is 420. The summed E-state index contributed by atoms with van der Waals surface area (Å²) in [6, 6.07) is 5.49. The van der Waals surface area contributed by atoms with Crippen molar-refractivity contribution in [2.24, 2.45) is 0 Å². The number of nitrogens with one attached hydrogen (secondary N) is 1. The molecule has 2 atom stereocenters. The van der Waals surface area contributed by atoms with Crippen LogP contribution in [0.5, 0.6) is 0 Å². The van der Waals surface area contributed by atoms with E-state index >= 15 is 0 Å². The second-order valence-corrected chi connectivity index (χ2v) is 5.25. The first-order valence-electron chi connectivity index (χ1n) is 7.31. The molecule has 2 unspecified atom stereocenters. The Morgan fingerprint density at radius 2 is 1.95 bits per heavy atom. The number of halogens is 3. The smallest absolute Gasteiger partial charge is 0.382 e. The Morgan fingerprint density at radius 1 is 1.24 bits per heavy atom. The average molecular weight is 303 g/mol. The third-order valence-electron chi connectivity index (χ3n) is 3.52. The highest BCUT2D eigenvalue weighted by Crippen LogP contribution is 2.31. The predicted octanol–water partition coefficient (Wildman–Crippen LogP) is 4.56. The highest BCUT2D eigenvalue weighted by atomic mass is 19.4. The Kier molecular flexibility index (Phi) is 7.18. The van der Waals surface area contributed by atoms with E-state index in [1.165, 1.54) is 12.1 Å². The lowest BCUT2D eigenvalue weighted by Crippen LogP contribution is -2.24. The molecule has 0 saturated heterocycles. The maximum atomic E-state index is 12.8. The van der Waals surface area contributed by atoms with E-state index in [1.54, 1.807) is 13.2 Å². The summed E-state index contributed by atoms with van der Waals surface area (Å²) in [7, 11) is 1.64. The fraction of sp³-hybridized carbons (Fsp3) is 0.625. The number of benzene rings is 1.